The average Bonchev–Trinajstić information content (AvgIpc) is 2.45. The Bertz CT molecular complexity index is 817. The second-order valence-corrected chi connectivity index (χ2v) is 9.76. The van der Waals surface area contributed by atoms with Gasteiger partial charge in [0.15, 0.2) is 9.84 Å². The summed E-state index contributed by atoms with van der Waals surface area (Å²) in [4.78, 5) is 12.8. The van der Waals surface area contributed by atoms with E-state index in [1.165, 1.54) is 17.0 Å². The number of sulfonamides is 1. The monoisotopic (exact) mass is 378 g/mol. The smallest absolute Gasteiger partial charge is 0.243 e. The molecular formula is C14H19FN2O5S2. The lowest BCUT2D eigenvalue weighted by atomic mass is 10.2. The molecule has 1 amide bonds. The van der Waals surface area contributed by atoms with Gasteiger partial charge < -0.3 is 4.90 Å². The van der Waals surface area contributed by atoms with Crippen LogP contribution >= 0.6 is 0 Å². The van der Waals surface area contributed by atoms with Crippen LogP contribution in [-0.4, -0.2) is 58.3 Å². The Morgan fingerprint density at radius 3 is 2.46 bits per heavy atom. The molecule has 1 aromatic carbocycles. The van der Waals surface area contributed by atoms with Gasteiger partial charge >= 0.3 is 0 Å². The van der Waals surface area contributed by atoms with Crippen LogP contribution in [0.1, 0.15) is 13.3 Å². The highest BCUT2D eigenvalue weighted by Crippen LogP contribution is 2.18. The van der Waals surface area contributed by atoms with Crippen LogP contribution in [0.3, 0.4) is 0 Å². The van der Waals surface area contributed by atoms with Crippen molar-refractivity contribution in [3.8, 4) is 0 Å². The standard InChI is InChI=1S/C14H19FN2O5S2/c1-2-23(19,20)11-9-17(10-11)14(18)7-8-16-24(21,22)13-6-4-3-5-12(13)15/h3-6,11,16H,2,7-10H2,1H3. The average molecular weight is 378 g/mol. The number of hydrogen-bond donors (Lipinski definition) is 1. The molecule has 0 aliphatic carbocycles. The Labute approximate surface area is 140 Å². The van der Waals surface area contributed by atoms with Crippen LogP contribution in [0.2, 0.25) is 0 Å². The van der Waals surface area contributed by atoms with Crippen LogP contribution in [0, 0.1) is 5.82 Å². The zero-order valence-corrected chi connectivity index (χ0v) is 14.7. The maximum atomic E-state index is 13.5. The molecule has 0 atom stereocenters. The largest absolute Gasteiger partial charge is 0.340 e. The molecule has 10 heteroatoms. The minimum Gasteiger partial charge on any atom is -0.340 e. The molecule has 0 spiro atoms. The Morgan fingerprint density at radius 1 is 1.25 bits per heavy atom. The molecule has 24 heavy (non-hydrogen) atoms. The molecule has 0 unspecified atom stereocenters. The summed E-state index contributed by atoms with van der Waals surface area (Å²) in [6, 6.07) is 4.95. The highest BCUT2D eigenvalue weighted by molar-refractivity contribution is 7.92. The van der Waals surface area contributed by atoms with E-state index in [1.54, 1.807) is 6.92 Å². The number of amides is 1. The van der Waals surface area contributed by atoms with E-state index in [-0.39, 0.29) is 37.7 Å². The molecule has 0 radical (unpaired) electrons. The maximum absolute atomic E-state index is 13.5. The van der Waals surface area contributed by atoms with Crippen molar-refractivity contribution in [1.82, 2.24) is 9.62 Å². The molecule has 0 bridgehead atoms. The number of sulfone groups is 1. The van der Waals surface area contributed by atoms with E-state index in [4.69, 9.17) is 0 Å². The summed E-state index contributed by atoms with van der Waals surface area (Å²) in [6.07, 6.45) is -0.118. The van der Waals surface area contributed by atoms with Crippen molar-refractivity contribution in [2.45, 2.75) is 23.5 Å². The van der Waals surface area contributed by atoms with Crippen molar-refractivity contribution in [3.63, 3.8) is 0 Å². The van der Waals surface area contributed by atoms with E-state index in [0.717, 1.165) is 12.1 Å². The van der Waals surface area contributed by atoms with Crippen LogP contribution in [0.5, 0.6) is 0 Å². The first-order valence-corrected chi connectivity index (χ1v) is 10.6. The lowest BCUT2D eigenvalue weighted by Gasteiger charge is -2.38. The molecule has 1 N–H and O–H groups in total. The highest BCUT2D eigenvalue weighted by atomic mass is 32.2. The van der Waals surface area contributed by atoms with Crippen molar-refractivity contribution >= 4 is 25.8 Å². The summed E-state index contributed by atoms with van der Waals surface area (Å²) in [6.45, 7) is 1.64. The van der Waals surface area contributed by atoms with E-state index < -0.39 is 35.8 Å². The maximum Gasteiger partial charge on any atom is 0.243 e. The zero-order chi connectivity index (χ0) is 18.0. The molecule has 1 heterocycles. The molecule has 1 aliphatic rings. The summed E-state index contributed by atoms with van der Waals surface area (Å²) in [7, 11) is -7.19. The predicted molar refractivity (Wildman–Crippen MR) is 86.0 cm³/mol. The second kappa shape index (κ2) is 7.16. The van der Waals surface area contributed by atoms with Crippen molar-refractivity contribution in [3.05, 3.63) is 30.1 Å². The fourth-order valence-electron chi connectivity index (χ4n) is 2.30. The quantitative estimate of drug-likeness (QED) is 0.727. The van der Waals surface area contributed by atoms with Crippen LogP contribution < -0.4 is 4.72 Å². The first-order chi connectivity index (χ1) is 11.2. The number of rotatable bonds is 7. The van der Waals surface area contributed by atoms with E-state index in [0.29, 0.717) is 0 Å². The molecule has 1 fully saturated rings. The van der Waals surface area contributed by atoms with Crippen LogP contribution in [-0.2, 0) is 24.7 Å². The number of nitrogens with zero attached hydrogens (tertiary/aromatic N) is 1. The van der Waals surface area contributed by atoms with Gasteiger partial charge in [-0.1, -0.05) is 19.1 Å². The summed E-state index contributed by atoms with van der Waals surface area (Å²) >= 11 is 0. The number of carbonyl (C=O) groups excluding carboxylic acids is 1. The van der Waals surface area contributed by atoms with Gasteiger partial charge in [-0.25, -0.2) is 25.9 Å². The van der Waals surface area contributed by atoms with Gasteiger partial charge in [0.25, 0.3) is 0 Å². The molecule has 1 saturated heterocycles. The summed E-state index contributed by atoms with van der Waals surface area (Å²) in [5.41, 5.74) is 0. The van der Waals surface area contributed by atoms with Crippen LogP contribution in [0.4, 0.5) is 4.39 Å². The second-order valence-electron chi connectivity index (χ2n) is 5.45. The molecule has 0 saturated carbocycles. The topological polar surface area (TPSA) is 101 Å². The number of carbonyl (C=O) groups is 1. The third-order valence-electron chi connectivity index (χ3n) is 3.87. The van der Waals surface area contributed by atoms with Gasteiger partial charge in [-0.15, -0.1) is 0 Å². The van der Waals surface area contributed by atoms with E-state index in [1.807, 2.05) is 0 Å². The zero-order valence-electron chi connectivity index (χ0n) is 13.1. The van der Waals surface area contributed by atoms with Crippen LogP contribution in [0.15, 0.2) is 29.2 Å². The van der Waals surface area contributed by atoms with E-state index >= 15 is 0 Å². The highest BCUT2D eigenvalue weighted by Gasteiger charge is 2.38. The van der Waals surface area contributed by atoms with Gasteiger partial charge in [-0.3, -0.25) is 4.79 Å². The minimum absolute atomic E-state index is 0.0299. The summed E-state index contributed by atoms with van der Waals surface area (Å²) in [5.74, 6) is -1.18. The fourth-order valence-corrected chi connectivity index (χ4v) is 4.69. The van der Waals surface area contributed by atoms with Gasteiger partial charge in [-0.2, -0.15) is 0 Å². The third kappa shape index (κ3) is 4.11. The normalized spacial score (nSPS) is 16.0. The van der Waals surface area contributed by atoms with Crippen molar-refractivity contribution < 1.29 is 26.0 Å². The summed E-state index contributed by atoms with van der Waals surface area (Å²) < 4.78 is 62.8. The Hall–Kier alpha value is -1.52. The molecule has 2 rings (SSSR count). The molecule has 134 valence electrons. The van der Waals surface area contributed by atoms with Gasteiger partial charge in [0.2, 0.25) is 15.9 Å². The molecule has 1 aliphatic heterocycles. The Kier molecular flexibility index (Phi) is 5.61. The molecule has 0 aromatic heterocycles. The van der Waals surface area contributed by atoms with Gasteiger partial charge in [0.05, 0.1) is 5.25 Å². The first kappa shape index (κ1) is 18.8. The molecular weight excluding hydrogens is 359 g/mol. The predicted octanol–water partition coefficient (Wildman–Crippen LogP) is 0.140. The van der Waals surface area contributed by atoms with Crippen molar-refractivity contribution in [1.29, 1.82) is 0 Å². The first-order valence-electron chi connectivity index (χ1n) is 7.41. The Balaban J connectivity index is 1.83. The van der Waals surface area contributed by atoms with Gasteiger partial charge in [0.1, 0.15) is 10.7 Å². The number of hydrogen-bond acceptors (Lipinski definition) is 5. The lowest BCUT2D eigenvalue weighted by molar-refractivity contribution is -0.134. The summed E-state index contributed by atoms with van der Waals surface area (Å²) in [5, 5.41) is -0.540. The molecule has 1 aromatic rings. The number of halogens is 1. The SMILES string of the molecule is CCS(=O)(=O)C1CN(C(=O)CCNS(=O)(=O)c2ccccc2F)C1. The number of nitrogens with one attached hydrogen (secondary N) is 1. The fraction of sp³-hybridized carbons (Fsp3) is 0.500. The molecule has 7 nitrogen and oxygen atoms in total. The Morgan fingerprint density at radius 2 is 1.88 bits per heavy atom. The van der Waals surface area contributed by atoms with Gasteiger partial charge in [0, 0.05) is 31.8 Å². The number of likely N-dealkylation sites (tertiary alicyclic amines) is 1. The third-order valence-corrected chi connectivity index (χ3v) is 7.48. The van der Waals surface area contributed by atoms with Crippen molar-refractivity contribution in [2.24, 2.45) is 0 Å². The minimum atomic E-state index is -4.03. The van der Waals surface area contributed by atoms with Crippen molar-refractivity contribution in [2.75, 3.05) is 25.4 Å². The lowest BCUT2D eigenvalue weighted by Crippen LogP contribution is -2.57. The number of benzene rings is 1. The van der Waals surface area contributed by atoms with Crippen LogP contribution in [0.25, 0.3) is 0 Å². The van der Waals surface area contributed by atoms with E-state index in [9.17, 15) is 26.0 Å². The van der Waals surface area contributed by atoms with Gasteiger partial charge in [-0.05, 0) is 12.1 Å². The van der Waals surface area contributed by atoms with E-state index in [2.05, 4.69) is 4.72 Å².